The Morgan fingerprint density at radius 3 is 3.18 bits per heavy atom. The maximum absolute atomic E-state index is 11.0. The number of fused-ring (bicyclic) bond motifs is 1. The molecule has 2 rings (SSSR count). The molecule has 0 saturated heterocycles. The molecule has 0 saturated carbocycles. The first-order chi connectivity index (χ1) is 5.29. The minimum absolute atomic E-state index is 0.252. The second-order valence-electron chi connectivity index (χ2n) is 2.37. The van der Waals surface area contributed by atoms with Crippen molar-refractivity contribution in [1.82, 2.24) is 10.0 Å². The largest absolute Gasteiger partial charge is 0.296 e. The molecule has 0 bridgehead atoms. The van der Waals surface area contributed by atoms with Crippen LogP contribution in [0, 0.1) is 0 Å². The van der Waals surface area contributed by atoms with Gasteiger partial charge in [-0.15, -0.1) is 0 Å². The van der Waals surface area contributed by atoms with Crippen molar-refractivity contribution < 1.29 is 10.0 Å². The number of hydroxylamine groups is 2. The summed E-state index contributed by atoms with van der Waals surface area (Å²) < 4.78 is 0. The van der Waals surface area contributed by atoms with E-state index in [1.54, 1.807) is 12.1 Å². The predicted molar refractivity (Wildman–Crippen MR) is 35.9 cm³/mol. The molecule has 1 aromatic heterocycles. The summed E-state index contributed by atoms with van der Waals surface area (Å²) in [6.07, 6.45) is 1.54. The van der Waals surface area contributed by atoms with Crippen LogP contribution in [0.3, 0.4) is 0 Å². The molecule has 0 atom stereocenters. The normalized spacial score (nSPS) is 15.4. The lowest BCUT2D eigenvalue weighted by Crippen LogP contribution is -2.18. The molecular weight excluding hydrogens is 144 g/mol. The predicted octanol–water partition coefficient (Wildman–Crippen LogP) is 0.427. The topological polar surface area (TPSA) is 53.4 Å². The monoisotopic (exact) mass is 150 g/mol. The Morgan fingerprint density at radius 1 is 1.64 bits per heavy atom. The van der Waals surface area contributed by atoms with E-state index in [1.165, 1.54) is 6.20 Å². The number of carbonyl (C=O) groups is 1. The SMILES string of the molecule is O=C1c2ncccc2CN1O. The number of rotatable bonds is 0. The minimum Gasteiger partial charge on any atom is -0.285 e. The number of hydrogen-bond acceptors (Lipinski definition) is 3. The fourth-order valence-corrected chi connectivity index (χ4v) is 1.11. The number of aromatic nitrogens is 1. The van der Waals surface area contributed by atoms with Crippen LogP contribution in [0.1, 0.15) is 16.1 Å². The van der Waals surface area contributed by atoms with E-state index in [0.29, 0.717) is 10.8 Å². The molecule has 0 spiro atoms. The van der Waals surface area contributed by atoms with Gasteiger partial charge in [-0.1, -0.05) is 6.07 Å². The van der Waals surface area contributed by atoms with Gasteiger partial charge in [0.05, 0.1) is 6.54 Å². The van der Waals surface area contributed by atoms with Gasteiger partial charge >= 0.3 is 0 Å². The van der Waals surface area contributed by atoms with Crippen molar-refractivity contribution >= 4 is 5.91 Å². The number of pyridine rings is 1. The van der Waals surface area contributed by atoms with Crippen molar-refractivity contribution in [1.29, 1.82) is 0 Å². The summed E-state index contributed by atoms with van der Waals surface area (Å²) in [5.74, 6) is -0.416. The van der Waals surface area contributed by atoms with Gasteiger partial charge in [-0.25, -0.2) is 5.06 Å². The highest BCUT2D eigenvalue weighted by molar-refractivity contribution is 5.95. The van der Waals surface area contributed by atoms with Crippen LogP contribution in [-0.4, -0.2) is 21.2 Å². The van der Waals surface area contributed by atoms with E-state index in [9.17, 15) is 4.79 Å². The van der Waals surface area contributed by atoms with Gasteiger partial charge < -0.3 is 0 Å². The van der Waals surface area contributed by atoms with Gasteiger partial charge in [0.25, 0.3) is 5.91 Å². The summed E-state index contributed by atoms with van der Waals surface area (Å²) in [6.45, 7) is 0.252. The molecular formula is C7H6N2O2. The Balaban J connectivity index is 2.55. The Morgan fingerprint density at radius 2 is 2.45 bits per heavy atom. The van der Waals surface area contributed by atoms with Crippen molar-refractivity contribution in [3.63, 3.8) is 0 Å². The molecule has 56 valence electrons. The third-order valence-corrected chi connectivity index (χ3v) is 1.65. The molecule has 1 aliphatic heterocycles. The zero-order valence-corrected chi connectivity index (χ0v) is 5.69. The van der Waals surface area contributed by atoms with Crippen molar-refractivity contribution in [2.24, 2.45) is 0 Å². The van der Waals surface area contributed by atoms with Crippen LogP contribution >= 0.6 is 0 Å². The smallest absolute Gasteiger partial charge is 0.285 e. The average Bonchev–Trinajstić information content (AvgIpc) is 2.30. The number of nitrogens with zero attached hydrogens (tertiary/aromatic N) is 2. The van der Waals surface area contributed by atoms with Crippen LogP contribution in [-0.2, 0) is 6.54 Å². The van der Waals surface area contributed by atoms with E-state index in [2.05, 4.69) is 4.98 Å². The van der Waals surface area contributed by atoms with E-state index in [0.717, 1.165) is 5.56 Å². The molecule has 0 aromatic carbocycles. The summed E-state index contributed by atoms with van der Waals surface area (Å²) in [7, 11) is 0. The third-order valence-electron chi connectivity index (χ3n) is 1.65. The van der Waals surface area contributed by atoms with Gasteiger partial charge in [-0.05, 0) is 6.07 Å². The zero-order chi connectivity index (χ0) is 7.84. The minimum atomic E-state index is -0.416. The Kier molecular flexibility index (Phi) is 1.16. The van der Waals surface area contributed by atoms with Crippen LogP contribution in [0.15, 0.2) is 18.3 Å². The Bertz CT molecular complexity index is 311. The zero-order valence-electron chi connectivity index (χ0n) is 5.69. The van der Waals surface area contributed by atoms with Crippen molar-refractivity contribution in [3.05, 3.63) is 29.6 Å². The quantitative estimate of drug-likeness (QED) is 0.545. The van der Waals surface area contributed by atoms with Gasteiger partial charge in [0.2, 0.25) is 0 Å². The highest BCUT2D eigenvalue weighted by Gasteiger charge is 2.26. The van der Waals surface area contributed by atoms with Crippen molar-refractivity contribution in [2.45, 2.75) is 6.54 Å². The summed E-state index contributed by atoms with van der Waals surface area (Å²) in [4.78, 5) is 14.8. The molecule has 4 nitrogen and oxygen atoms in total. The van der Waals surface area contributed by atoms with Crippen molar-refractivity contribution in [2.75, 3.05) is 0 Å². The second-order valence-corrected chi connectivity index (χ2v) is 2.37. The highest BCUT2D eigenvalue weighted by Crippen LogP contribution is 2.17. The van der Waals surface area contributed by atoms with Gasteiger partial charge in [0, 0.05) is 11.8 Å². The molecule has 4 heteroatoms. The Labute approximate surface area is 63.0 Å². The molecule has 0 unspecified atom stereocenters. The number of hydrogen-bond donors (Lipinski definition) is 1. The number of carbonyl (C=O) groups excluding carboxylic acids is 1. The Hall–Kier alpha value is -1.42. The molecule has 0 radical (unpaired) electrons. The molecule has 0 fully saturated rings. The second kappa shape index (κ2) is 2.03. The number of amides is 1. The standard InChI is InChI=1S/C7H6N2O2/c10-7-6-5(4-9(7)11)2-1-3-8-6/h1-3,11H,4H2. The molecule has 0 aliphatic carbocycles. The summed E-state index contributed by atoms with van der Waals surface area (Å²) in [5, 5.41) is 9.63. The van der Waals surface area contributed by atoms with Crippen LogP contribution < -0.4 is 0 Å². The van der Waals surface area contributed by atoms with Gasteiger partial charge in [0.1, 0.15) is 5.69 Å². The summed E-state index contributed by atoms with van der Waals surface area (Å²) in [5.41, 5.74) is 1.13. The molecule has 1 aromatic rings. The van der Waals surface area contributed by atoms with Gasteiger partial charge in [-0.2, -0.15) is 0 Å². The lowest BCUT2D eigenvalue weighted by atomic mass is 10.2. The average molecular weight is 150 g/mol. The fourth-order valence-electron chi connectivity index (χ4n) is 1.11. The molecule has 1 N–H and O–H groups in total. The summed E-state index contributed by atoms with van der Waals surface area (Å²) in [6, 6.07) is 3.52. The molecule has 2 heterocycles. The maximum Gasteiger partial charge on any atom is 0.296 e. The van der Waals surface area contributed by atoms with E-state index >= 15 is 0 Å². The van der Waals surface area contributed by atoms with Crippen molar-refractivity contribution in [3.8, 4) is 0 Å². The highest BCUT2D eigenvalue weighted by atomic mass is 16.5. The summed E-state index contributed by atoms with van der Waals surface area (Å²) >= 11 is 0. The van der Waals surface area contributed by atoms with Gasteiger partial charge in [0.15, 0.2) is 0 Å². The fraction of sp³-hybridized carbons (Fsp3) is 0.143. The van der Waals surface area contributed by atoms with E-state index in [-0.39, 0.29) is 6.54 Å². The van der Waals surface area contributed by atoms with Crippen LogP contribution in [0.4, 0.5) is 0 Å². The van der Waals surface area contributed by atoms with E-state index in [4.69, 9.17) is 5.21 Å². The third kappa shape index (κ3) is 0.798. The lowest BCUT2D eigenvalue weighted by molar-refractivity contribution is -0.0580. The molecule has 1 aliphatic rings. The molecule has 11 heavy (non-hydrogen) atoms. The first kappa shape index (κ1) is 6.30. The van der Waals surface area contributed by atoms with E-state index in [1.807, 2.05) is 0 Å². The van der Waals surface area contributed by atoms with Crippen LogP contribution in [0.5, 0.6) is 0 Å². The van der Waals surface area contributed by atoms with Crippen LogP contribution in [0.2, 0.25) is 0 Å². The maximum atomic E-state index is 11.0. The van der Waals surface area contributed by atoms with Gasteiger partial charge in [-0.3, -0.25) is 15.0 Å². The van der Waals surface area contributed by atoms with E-state index < -0.39 is 5.91 Å². The first-order valence-electron chi connectivity index (χ1n) is 3.23. The first-order valence-corrected chi connectivity index (χ1v) is 3.23. The molecule has 1 amide bonds. The lowest BCUT2D eigenvalue weighted by Gasteiger charge is -2.01. The van der Waals surface area contributed by atoms with Crippen LogP contribution in [0.25, 0.3) is 0 Å².